The third kappa shape index (κ3) is 6.44. The number of aromatic nitrogens is 1. The highest BCUT2D eigenvalue weighted by atomic mass is 127. The lowest BCUT2D eigenvalue weighted by Crippen LogP contribution is -2.47. The summed E-state index contributed by atoms with van der Waals surface area (Å²) in [6, 6.07) is 10.2. The fraction of sp³-hybridized carbons (Fsp3) is 0.450. The normalized spacial score (nSPS) is 17.1. The lowest BCUT2D eigenvalue weighted by Gasteiger charge is -2.34. The van der Waals surface area contributed by atoms with Gasteiger partial charge in [0.25, 0.3) is 0 Å². The van der Waals surface area contributed by atoms with Gasteiger partial charge in [-0.1, -0.05) is 30.3 Å². The van der Waals surface area contributed by atoms with Crippen molar-refractivity contribution in [2.45, 2.75) is 32.7 Å². The number of thiazole rings is 1. The zero-order valence-electron chi connectivity index (χ0n) is 16.1. The smallest absolute Gasteiger partial charge is 0.217 e. The van der Waals surface area contributed by atoms with Crippen LogP contribution in [0.5, 0.6) is 0 Å². The van der Waals surface area contributed by atoms with Crippen molar-refractivity contribution in [1.82, 2.24) is 15.2 Å². The molecule has 1 aliphatic heterocycles. The molecule has 0 spiro atoms. The molecule has 1 atom stereocenters. The van der Waals surface area contributed by atoms with Crippen LogP contribution in [0.3, 0.4) is 0 Å². The maximum Gasteiger partial charge on any atom is 0.217 e. The molecule has 1 aromatic carbocycles. The van der Waals surface area contributed by atoms with Gasteiger partial charge in [0, 0.05) is 37.0 Å². The molecule has 1 amide bonds. The fourth-order valence-corrected chi connectivity index (χ4v) is 4.13. The standard InChI is InChI=1S/C20H27N5OS.HI/c1-2-22-20(25-10-6-7-15(13-25)11-18(21)26)23-12-19-24-17(14-27-19)16-8-4-3-5-9-16;/h3-5,8-9,14-15H,2,6-7,10-13H2,1H3,(H2,21,26)(H,22,23);1H. The quantitative estimate of drug-likeness (QED) is 0.352. The van der Waals surface area contributed by atoms with Crippen LogP contribution in [0.1, 0.15) is 31.2 Å². The van der Waals surface area contributed by atoms with Crippen LogP contribution < -0.4 is 11.1 Å². The summed E-state index contributed by atoms with van der Waals surface area (Å²) in [6.45, 7) is 5.20. The van der Waals surface area contributed by atoms with Gasteiger partial charge in [0.1, 0.15) is 5.01 Å². The van der Waals surface area contributed by atoms with Gasteiger partial charge in [-0.05, 0) is 25.7 Å². The molecule has 1 fully saturated rings. The van der Waals surface area contributed by atoms with E-state index in [1.54, 1.807) is 11.3 Å². The Morgan fingerprint density at radius 3 is 2.89 bits per heavy atom. The number of amides is 1. The average molecular weight is 513 g/mol. The van der Waals surface area contributed by atoms with Crippen molar-refractivity contribution in [1.29, 1.82) is 0 Å². The van der Waals surface area contributed by atoms with Crippen molar-refractivity contribution in [2.75, 3.05) is 19.6 Å². The number of nitrogens with one attached hydrogen (secondary N) is 1. The average Bonchev–Trinajstić information content (AvgIpc) is 3.14. The van der Waals surface area contributed by atoms with Crippen LogP contribution in [0, 0.1) is 5.92 Å². The first-order valence-electron chi connectivity index (χ1n) is 9.47. The van der Waals surface area contributed by atoms with E-state index >= 15 is 0 Å². The molecule has 1 aromatic heterocycles. The minimum absolute atomic E-state index is 0. The Labute approximate surface area is 187 Å². The van der Waals surface area contributed by atoms with Gasteiger partial charge in [-0.25, -0.2) is 9.98 Å². The van der Waals surface area contributed by atoms with Gasteiger partial charge in [0.05, 0.1) is 12.2 Å². The molecule has 0 radical (unpaired) electrons. The number of hydrogen-bond acceptors (Lipinski definition) is 4. The Morgan fingerprint density at radius 1 is 1.39 bits per heavy atom. The highest BCUT2D eigenvalue weighted by Crippen LogP contribution is 2.23. The Hall–Kier alpha value is -1.68. The van der Waals surface area contributed by atoms with Crippen LogP contribution in [0.2, 0.25) is 0 Å². The van der Waals surface area contributed by atoms with Crippen LogP contribution >= 0.6 is 35.3 Å². The monoisotopic (exact) mass is 513 g/mol. The number of carbonyl (C=O) groups excluding carboxylic acids is 1. The van der Waals surface area contributed by atoms with Crippen LogP contribution in [0.25, 0.3) is 11.3 Å². The van der Waals surface area contributed by atoms with Gasteiger partial charge in [0.2, 0.25) is 5.91 Å². The molecule has 6 nitrogen and oxygen atoms in total. The summed E-state index contributed by atoms with van der Waals surface area (Å²) in [5.74, 6) is 0.979. The second kappa shape index (κ2) is 11.4. The lowest BCUT2D eigenvalue weighted by atomic mass is 9.95. The first-order chi connectivity index (χ1) is 13.2. The number of aliphatic imine (C=N–C) groups is 1. The van der Waals surface area contributed by atoms with Crippen molar-refractivity contribution in [3.8, 4) is 11.3 Å². The number of piperidine rings is 1. The van der Waals surface area contributed by atoms with Gasteiger partial charge < -0.3 is 16.0 Å². The van der Waals surface area contributed by atoms with Crippen LogP contribution in [0.4, 0.5) is 0 Å². The molecule has 2 heterocycles. The topological polar surface area (TPSA) is 83.6 Å². The molecule has 1 saturated heterocycles. The molecule has 1 aliphatic rings. The zero-order chi connectivity index (χ0) is 19.1. The molecule has 0 bridgehead atoms. The number of hydrogen-bond donors (Lipinski definition) is 2. The van der Waals surface area contributed by atoms with E-state index in [0.29, 0.717) is 18.9 Å². The molecule has 3 N–H and O–H groups in total. The third-order valence-corrected chi connectivity index (χ3v) is 5.46. The zero-order valence-corrected chi connectivity index (χ0v) is 19.3. The molecular weight excluding hydrogens is 485 g/mol. The molecule has 0 aliphatic carbocycles. The summed E-state index contributed by atoms with van der Waals surface area (Å²) >= 11 is 1.63. The van der Waals surface area contributed by atoms with Crippen LogP contribution in [-0.2, 0) is 11.3 Å². The van der Waals surface area contributed by atoms with Crippen LogP contribution in [-0.4, -0.2) is 41.4 Å². The number of guanidine groups is 1. The number of nitrogens with two attached hydrogens (primary N) is 1. The van der Waals surface area contributed by atoms with Gasteiger partial charge in [-0.15, -0.1) is 35.3 Å². The third-order valence-electron chi connectivity index (χ3n) is 4.63. The molecule has 1 unspecified atom stereocenters. The fourth-order valence-electron chi connectivity index (χ4n) is 3.40. The number of carbonyl (C=O) groups is 1. The summed E-state index contributed by atoms with van der Waals surface area (Å²) in [4.78, 5) is 23.0. The van der Waals surface area contributed by atoms with Gasteiger partial charge in [0.15, 0.2) is 5.96 Å². The van der Waals surface area contributed by atoms with Crippen molar-refractivity contribution in [2.24, 2.45) is 16.6 Å². The summed E-state index contributed by atoms with van der Waals surface area (Å²) in [7, 11) is 0. The second-order valence-electron chi connectivity index (χ2n) is 6.79. The van der Waals surface area contributed by atoms with Crippen LogP contribution in [0.15, 0.2) is 40.7 Å². The molecule has 2 aromatic rings. The Morgan fingerprint density at radius 2 is 2.18 bits per heavy atom. The largest absolute Gasteiger partial charge is 0.370 e. The highest BCUT2D eigenvalue weighted by Gasteiger charge is 2.23. The molecule has 3 rings (SSSR count). The van der Waals surface area contributed by atoms with E-state index in [1.807, 2.05) is 18.2 Å². The second-order valence-corrected chi connectivity index (χ2v) is 7.73. The van der Waals surface area contributed by atoms with Crippen molar-refractivity contribution in [3.63, 3.8) is 0 Å². The Balaban J connectivity index is 0.00000280. The summed E-state index contributed by atoms with van der Waals surface area (Å²) < 4.78 is 0. The predicted octanol–water partition coefficient (Wildman–Crippen LogP) is 3.48. The Bertz CT molecular complexity index is 780. The number of rotatable bonds is 6. The molecule has 0 saturated carbocycles. The first kappa shape index (κ1) is 22.6. The summed E-state index contributed by atoms with van der Waals surface area (Å²) in [6.07, 6.45) is 2.55. The van der Waals surface area contributed by atoms with E-state index in [1.165, 1.54) is 0 Å². The summed E-state index contributed by atoms with van der Waals surface area (Å²) in [5, 5.41) is 6.45. The highest BCUT2D eigenvalue weighted by molar-refractivity contribution is 14.0. The maximum absolute atomic E-state index is 11.3. The molecule has 8 heteroatoms. The SMILES string of the molecule is CCNC(=NCc1nc(-c2ccccc2)cs1)N1CCCC(CC(N)=O)C1.I. The van der Waals surface area contributed by atoms with E-state index in [0.717, 1.165) is 54.7 Å². The van der Waals surface area contributed by atoms with Gasteiger partial charge in [-0.3, -0.25) is 4.79 Å². The van der Waals surface area contributed by atoms with E-state index in [-0.39, 0.29) is 29.9 Å². The first-order valence-corrected chi connectivity index (χ1v) is 10.3. The van der Waals surface area contributed by atoms with Gasteiger partial charge in [-0.2, -0.15) is 0 Å². The maximum atomic E-state index is 11.3. The predicted molar refractivity (Wildman–Crippen MR) is 126 cm³/mol. The molecule has 28 heavy (non-hydrogen) atoms. The van der Waals surface area contributed by atoms with E-state index in [2.05, 4.69) is 34.7 Å². The number of halogens is 1. The van der Waals surface area contributed by atoms with E-state index < -0.39 is 0 Å². The van der Waals surface area contributed by atoms with Crippen molar-refractivity contribution < 1.29 is 4.79 Å². The summed E-state index contributed by atoms with van der Waals surface area (Å²) in [5.41, 5.74) is 7.50. The number of benzene rings is 1. The number of likely N-dealkylation sites (tertiary alicyclic amines) is 1. The Kier molecular flexibility index (Phi) is 9.17. The van der Waals surface area contributed by atoms with E-state index in [4.69, 9.17) is 15.7 Å². The molecule has 152 valence electrons. The number of nitrogens with zero attached hydrogens (tertiary/aromatic N) is 3. The number of primary amides is 1. The minimum Gasteiger partial charge on any atom is -0.370 e. The van der Waals surface area contributed by atoms with Crippen molar-refractivity contribution >= 4 is 47.2 Å². The lowest BCUT2D eigenvalue weighted by molar-refractivity contribution is -0.119. The molecular formula is C20H28IN5OS. The van der Waals surface area contributed by atoms with Crippen molar-refractivity contribution in [3.05, 3.63) is 40.7 Å². The van der Waals surface area contributed by atoms with Gasteiger partial charge >= 0.3 is 0 Å². The van der Waals surface area contributed by atoms with E-state index in [9.17, 15) is 4.79 Å². The minimum atomic E-state index is -0.222.